The van der Waals surface area contributed by atoms with Crippen molar-refractivity contribution in [2.24, 2.45) is 17.8 Å². The minimum Gasteiger partial charge on any atom is -0.507 e. The number of hydrogen-bond acceptors (Lipinski definition) is 8. The number of carbonyl (C=O) groups excluding carboxylic acids is 4. The lowest BCUT2D eigenvalue weighted by molar-refractivity contribution is -0.138. The van der Waals surface area contributed by atoms with Crippen LogP contribution < -0.4 is 4.90 Å². The van der Waals surface area contributed by atoms with Gasteiger partial charge in [-0.2, -0.15) is 0 Å². The van der Waals surface area contributed by atoms with Crippen molar-refractivity contribution in [3.8, 4) is 5.75 Å². The number of benzene rings is 1. The Hall–Kier alpha value is -3.19. The van der Waals surface area contributed by atoms with E-state index < -0.39 is 80.9 Å². The van der Waals surface area contributed by atoms with E-state index in [4.69, 9.17) is 27.6 Å². The van der Waals surface area contributed by atoms with E-state index in [0.717, 1.165) is 21.9 Å². The van der Waals surface area contributed by atoms with Gasteiger partial charge in [-0.15, -0.1) is 23.2 Å². The second-order valence-corrected chi connectivity index (χ2v) is 12.2. The lowest BCUT2D eigenvalue weighted by Gasteiger charge is -2.49. The average molecular weight is 668 g/mol. The molecule has 0 spiro atoms. The number of phenols is 1. The molecular formula is C27H21BrCl2N2O9. The first-order chi connectivity index (χ1) is 19.4. The monoisotopic (exact) mass is 666 g/mol. The van der Waals surface area contributed by atoms with Crippen LogP contribution in [0.25, 0.3) is 0 Å². The molecule has 2 aliphatic heterocycles. The van der Waals surface area contributed by atoms with Gasteiger partial charge in [0.15, 0.2) is 9.75 Å². The van der Waals surface area contributed by atoms with E-state index >= 15 is 0 Å². The number of carboxylic acid groups (broad SMARTS) is 1. The molecule has 2 aliphatic carbocycles. The first-order valence-corrected chi connectivity index (χ1v) is 14.4. The van der Waals surface area contributed by atoms with Crippen molar-refractivity contribution in [3.05, 3.63) is 59.1 Å². The number of carboxylic acids is 1. The molecule has 6 atom stereocenters. The molecule has 1 aromatic heterocycles. The Morgan fingerprint density at radius 2 is 1.80 bits per heavy atom. The molecule has 4 amide bonds. The summed E-state index contributed by atoms with van der Waals surface area (Å²) in [5.74, 6) is -8.04. The summed E-state index contributed by atoms with van der Waals surface area (Å²) in [6.07, 6.45) is 1.61. The zero-order valence-corrected chi connectivity index (χ0v) is 24.0. The molecule has 41 heavy (non-hydrogen) atoms. The zero-order chi connectivity index (χ0) is 29.6. The molecule has 11 nitrogen and oxygen atoms in total. The summed E-state index contributed by atoms with van der Waals surface area (Å²) in [5, 5.41) is 29.1. The van der Waals surface area contributed by atoms with Crippen LogP contribution in [-0.2, 0) is 25.8 Å². The smallest absolute Gasteiger partial charge is 0.339 e. The third-order valence-corrected chi connectivity index (χ3v) is 10.5. The Morgan fingerprint density at radius 1 is 1.07 bits per heavy atom. The lowest BCUT2D eigenvalue weighted by Crippen LogP contribution is -2.60. The van der Waals surface area contributed by atoms with E-state index in [9.17, 15) is 39.3 Å². The number of furan rings is 1. The summed E-state index contributed by atoms with van der Waals surface area (Å²) < 4.78 is 5.82. The van der Waals surface area contributed by atoms with Gasteiger partial charge in [-0.3, -0.25) is 24.1 Å². The van der Waals surface area contributed by atoms with Crippen molar-refractivity contribution in [3.63, 3.8) is 0 Å². The van der Waals surface area contributed by atoms with Crippen LogP contribution in [0.4, 0.5) is 5.69 Å². The number of aromatic hydroxyl groups is 1. The van der Waals surface area contributed by atoms with Crippen LogP contribution in [-0.4, -0.2) is 65.0 Å². The van der Waals surface area contributed by atoms with E-state index in [1.54, 1.807) is 6.08 Å². The molecule has 0 unspecified atom stereocenters. The van der Waals surface area contributed by atoms with Crippen LogP contribution in [0.3, 0.4) is 0 Å². The van der Waals surface area contributed by atoms with Crippen LogP contribution >= 0.6 is 39.1 Å². The minimum atomic E-state index is -2.02. The van der Waals surface area contributed by atoms with Crippen molar-refractivity contribution < 1.29 is 43.7 Å². The molecule has 1 saturated carbocycles. The molecule has 2 aromatic rings. The molecule has 0 radical (unpaired) electrons. The van der Waals surface area contributed by atoms with Gasteiger partial charge in [-0.1, -0.05) is 27.6 Å². The largest absolute Gasteiger partial charge is 0.507 e. The fourth-order valence-corrected chi connectivity index (χ4v) is 8.20. The van der Waals surface area contributed by atoms with Gasteiger partial charge >= 0.3 is 5.97 Å². The van der Waals surface area contributed by atoms with Gasteiger partial charge in [0.25, 0.3) is 11.8 Å². The highest BCUT2D eigenvalue weighted by molar-refractivity contribution is 9.09. The number of allylic oxidation sites excluding steroid dienone is 2. The first kappa shape index (κ1) is 28.0. The number of rotatable bonds is 5. The number of imide groups is 2. The fourth-order valence-electron chi connectivity index (χ4n) is 6.79. The van der Waals surface area contributed by atoms with Crippen molar-refractivity contribution in [2.75, 3.05) is 10.4 Å². The highest BCUT2D eigenvalue weighted by Gasteiger charge is 2.76. The first-order valence-electron chi connectivity index (χ1n) is 12.5. The minimum absolute atomic E-state index is 0.00528. The van der Waals surface area contributed by atoms with Crippen LogP contribution in [0.2, 0.25) is 0 Å². The fraction of sp³-hybridized carbons (Fsp3) is 0.370. The standard InChI is InChI=1S/C27H21BrCl2N2O9/c28-10-31-24(39)26(29)8-16-13(20(27(26,30)25(31)40)18-6-2-12(9-33)41-18)4-5-15-19(16)22(36)32(21(15)35)11-1-3-14(23(37)38)17(34)7-11/h1-4,6-7,15-16,19-20,33-34H,5,8-10H2,(H,37,38)/t15-,16+,19-,20+,26+,27-/m0/s1. The van der Waals surface area contributed by atoms with Gasteiger partial charge in [0.05, 0.1) is 28.9 Å². The lowest BCUT2D eigenvalue weighted by atomic mass is 9.57. The SMILES string of the molecule is O=C(O)c1ccc(N2C(=O)[C@H]3[C@H](CC=C4[C@H]3C[C@@]3(Cl)C(=O)N(CBr)C(=O)[C@@]3(Cl)[C@H]4c3ccc(CO)o3)C2=O)cc1O. The number of fused-ring (bicyclic) bond motifs is 4. The van der Waals surface area contributed by atoms with E-state index in [0.29, 0.717) is 5.57 Å². The molecule has 3 fully saturated rings. The summed E-state index contributed by atoms with van der Waals surface area (Å²) in [7, 11) is 0. The van der Waals surface area contributed by atoms with Gasteiger partial charge < -0.3 is 19.7 Å². The number of likely N-dealkylation sites (tertiary alicyclic amines) is 1. The van der Waals surface area contributed by atoms with E-state index in [1.165, 1.54) is 18.2 Å². The van der Waals surface area contributed by atoms with Gasteiger partial charge in [0, 0.05) is 6.07 Å². The predicted octanol–water partition coefficient (Wildman–Crippen LogP) is 3.09. The van der Waals surface area contributed by atoms with Gasteiger partial charge in [-0.25, -0.2) is 9.69 Å². The molecular weight excluding hydrogens is 647 g/mol. The van der Waals surface area contributed by atoms with Crippen LogP contribution in [0, 0.1) is 17.8 Å². The van der Waals surface area contributed by atoms with Crippen LogP contribution in [0.15, 0.2) is 46.4 Å². The number of amides is 4. The average Bonchev–Trinajstić information content (AvgIpc) is 3.54. The Labute approximate surface area is 250 Å². The van der Waals surface area contributed by atoms with Crippen LogP contribution in [0.5, 0.6) is 5.75 Å². The summed E-state index contributed by atoms with van der Waals surface area (Å²) in [4.78, 5) is 63.9. The number of nitrogens with zero attached hydrogens (tertiary/aromatic N) is 2. The molecule has 3 heterocycles. The maximum atomic E-state index is 13.9. The molecule has 0 bridgehead atoms. The topological polar surface area (TPSA) is 166 Å². The molecule has 6 rings (SSSR count). The third-order valence-electron chi connectivity index (χ3n) is 8.61. The molecule has 214 valence electrons. The zero-order valence-electron chi connectivity index (χ0n) is 20.9. The molecule has 1 aromatic carbocycles. The second kappa shape index (κ2) is 9.41. The van der Waals surface area contributed by atoms with Crippen molar-refractivity contribution >= 4 is 74.4 Å². The van der Waals surface area contributed by atoms with E-state index in [1.807, 2.05) is 0 Å². The normalized spacial score (nSPS) is 32.6. The van der Waals surface area contributed by atoms with E-state index in [-0.39, 0.29) is 35.5 Å². The molecule has 14 heteroatoms. The quantitative estimate of drug-likeness (QED) is 0.188. The van der Waals surface area contributed by atoms with Crippen molar-refractivity contribution in [1.82, 2.24) is 4.90 Å². The maximum Gasteiger partial charge on any atom is 0.339 e. The number of aromatic carboxylic acids is 1. The number of alkyl halides is 3. The summed E-state index contributed by atoms with van der Waals surface area (Å²) in [6, 6.07) is 6.42. The highest BCUT2D eigenvalue weighted by atomic mass is 79.9. The predicted molar refractivity (Wildman–Crippen MR) is 146 cm³/mol. The number of aliphatic hydroxyl groups is 1. The second-order valence-electron chi connectivity index (χ2n) is 10.5. The van der Waals surface area contributed by atoms with Gasteiger partial charge in [-0.05, 0) is 43.0 Å². The Kier molecular flexibility index (Phi) is 6.42. The maximum absolute atomic E-state index is 13.9. The Morgan fingerprint density at radius 3 is 2.41 bits per heavy atom. The summed E-state index contributed by atoms with van der Waals surface area (Å²) in [6.45, 7) is -0.433. The van der Waals surface area contributed by atoms with Crippen LogP contribution in [0.1, 0.15) is 40.6 Å². The molecule has 2 saturated heterocycles. The molecule has 4 aliphatic rings. The van der Waals surface area contributed by atoms with Crippen molar-refractivity contribution in [2.45, 2.75) is 35.1 Å². The Balaban J connectivity index is 1.47. The number of aliphatic hydroxyl groups excluding tert-OH is 1. The number of carbonyl (C=O) groups is 5. The third kappa shape index (κ3) is 3.57. The van der Waals surface area contributed by atoms with Gasteiger partial charge in [0.2, 0.25) is 11.8 Å². The summed E-state index contributed by atoms with van der Waals surface area (Å²) in [5.41, 5.74) is -0.0550. The number of halogens is 3. The summed E-state index contributed by atoms with van der Waals surface area (Å²) >= 11 is 17.3. The molecule has 3 N–H and O–H groups in total. The van der Waals surface area contributed by atoms with Crippen molar-refractivity contribution in [1.29, 1.82) is 0 Å². The van der Waals surface area contributed by atoms with Gasteiger partial charge in [0.1, 0.15) is 29.4 Å². The highest BCUT2D eigenvalue weighted by Crippen LogP contribution is 2.65. The Bertz CT molecular complexity index is 1590. The number of hydrogen-bond donors (Lipinski definition) is 3. The number of anilines is 1. The van der Waals surface area contributed by atoms with E-state index in [2.05, 4.69) is 15.9 Å².